The molecule has 0 saturated heterocycles. The van der Waals surface area contributed by atoms with Gasteiger partial charge < -0.3 is 0 Å². The van der Waals surface area contributed by atoms with Crippen LogP contribution in [0, 0.1) is 11.6 Å². The lowest BCUT2D eigenvalue weighted by Gasteiger charge is -2.18. The molecule has 4 rings (SSSR count). The molecule has 0 fully saturated rings. The number of halogens is 4. The van der Waals surface area contributed by atoms with Crippen molar-refractivity contribution in [3.63, 3.8) is 0 Å². The summed E-state index contributed by atoms with van der Waals surface area (Å²) in [5, 5.41) is 0.750. The molecule has 3 nitrogen and oxygen atoms in total. The summed E-state index contributed by atoms with van der Waals surface area (Å²) in [6.45, 7) is 2.63. The van der Waals surface area contributed by atoms with Gasteiger partial charge in [-0.05, 0) is 17.7 Å². The Labute approximate surface area is 158 Å². The van der Waals surface area contributed by atoms with E-state index in [1.165, 1.54) is 24.5 Å². The standard InChI is InChI=1S/C21H17F4N3/c1-21(2,3)19-15(22)6-12(8-27-19)11-4-5-13-14-9-26-10-16(23)18(14)28(20(24)25)17(13)7-11/h4-10,20H,1-3H3. The van der Waals surface area contributed by atoms with E-state index in [9.17, 15) is 17.6 Å². The van der Waals surface area contributed by atoms with Gasteiger partial charge in [-0.2, -0.15) is 8.78 Å². The van der Waals surface area contributed by atoms with Gasteiger partial charge in [0.2, 0.25) is 0 Å². The van der Waals surface area contributed by atoms with E-state index in [0.717, 1.165) is 6.20 Å². The molecule has 144 valence electrons. The predicted molar refractivity (Wildman–Crippen MR) is 100 cm³/mol. The maximum absolute atomic E-state index is 14.5. The van der Waals surface area contributed by atoms with Crippen molar-refractivity contribution in [2.75, 3.05) is 0 Å². The average Bonchev–Trinajstić information content (AvgIpc) is 2.96. The second-order valence-corrected chi connectivity index (χ2v) is 7.70. The molecule has 0 spiro atoms. The summed E-state index contributed by atoms with van der Waals surface area (Å²) in [5.41, 5.74) is 0.778. The van der Waals surface area contributed by atoms with E-state index >= 15 is 0 Å². The summed E-state index contributed by atoms with van der Waals surface area (Å²) in [6, 6.07) is 6.12. The minimum absolute atomic E-state index is 0.148. The van der Waals surface area contributed by atoms with Gasteiger partial charge in [-0.1, -0.05) is 32.9 Å². The molecule has 0 amide bonds. The molecule has 0 aliphatic carbocycles. The van der Waals surface area contributed by atoms with E-state index < -0.39 is 23.6 Å². The van der Waals surface area contributed by atoms with Crippen LogP contribution in [-0.2, 0) is 5.41 Å². The van der Waals surface area contributed by atoms with Crippen LogP contribution >= 0.6 is 0 Å². The molecule has 0 atom stereocenters. The molecule has 4 aromatic rings. The molecule has 0 bridgehead atoms. The number of nitrogens with zero attached hydrogens (tertiary/aromatic N) is 3. The van der Waals surface area contributed by atoms with Gasteiger partial charge in [0.05, 0.1) is 22.9 Å². The van der Waals surface area contributed by atoms with Crippen molar-refractivity contribution in [2.45, 2.75) is 32.7 Å². The zero-order valence-electron chi connectivity index (χ0n) is 15.5. The first kappa shape index (κ1) is 18.4. The van der Waals surface area contributed by atoms with E-state index in [1.807, 2.05) is 20.8 Å². The molecule has 7 heteroatoms. The van der Waals surface area contributed by atoms with Gasteiger partial charge in [-0.3, -0.25) is 14.5 Å². The van der Waals surface area contributed by atoms with E-state index in [1.54, 1.807) is 12.1 Å². The Morgan fingerprint density at radius 2 is 1.64 bits per heavy atom. The summed E-state index contributed by atoms with van der Waals surface area (Å²) in [4.78, 5) is 7.99. The highest BCUT2D eigenvalue weighted by Crippen LogP contribution is 2.36. The number of benzene rings is 1. The lowest BCUT2D eigenvalue weighted by Crippen LogP contribution is -2.15. The van der Waals surface area contributed by atoms with Crippen LogP contribution in [0.2, 0.25) is 0 Å². The predicted octanol–water partition coefficient (Wildman–Crippen LogP) is 6.22. The highest BCUT2D eigenvalue weighted by atomic mass is 19.3. The second kappa shape index (κ2) is 6.29. The molecule has 1 aromatic carbocycles. The van der Waals surface area contributed by atoms with Gasteiger partial charge in [0.1, 0.15) is 5.82 Å². The Morgan fingerprint density at radius 3 is 2.29 bits per heavy atom. The Bertz CT molecular complexity index is 1210. The quantitative estimate of drug-likeness (QED) is 0.382. The number of rotatable bonds is 2. The zero-order valence-corrected chi connectivity index (χ0v) is 15.5. The number of alkyl halides is 2. The summed E-state index contributed by atoms with van der Waals surface area (Å²) >= 11 is 0. The molecule has 0 radical (unpaired) electrons. The molecule has 28 heavy (non-hydrogen) atoms. The molecule has 0 saturated carbocycles. The molecule has 0 N–H and O–H groups in total. The third-order valence-corrected chi connectivity index (χ3v) is 4.74. The van der Waals surface area contributed by atoms with E-state index in [0.29, 0.717) is 32.2 Å². The van der Waals surface area contributed by atoms with Crippen LogP contribution in [0.25, 0.3) is 32.9 Å². The molecule has 3 aromatic heterocycles. The number of hydrogen-bond acceptors (Lipinski definition) is 2. The van der Waals surface area contributed by atoms with Crippen LogP contribution in [0.4, 0.5) is 17.6 Å². The van der Waals surface area contributed by atoms with Gasteiger partial charge in [0, 0.05) is 34.1 Å². The fourth-order valence-corrected chi connectivity index (χ4v) is 3.48. The van der Waals surface area contributed by atoms with Crippen molar-refractivity contribution < 1.29 is 17.6 Å². The zero-order chi connectivity index (χ0) is 20.2. The molecule has 3 heterocycles. The third-order valence-electron chi connectivity index (χ3n) is 4.74. The fourth-order valence-electron chi connectivity index (χ4n) is 3.48. The summed E-state index contributed by atoms with van der Waals surface area (Å²) in [5.74, 6) is -1.28. The lowest BCUT2D eigenvalue weighted by molar-refractivity contribution is 0.0791. The van der Waals surface area contributed by atoms with Crippen LogP contribution in [-0.4, -0.2) is 14.5 Å². The van der Waals surface area contributed by atoms with Gasteiger partial charge in [-0.15, -0.1) is 0 Å². The number of hydrogen-bond donors (Lipinski definition) is 0. The van der Waals surface area contributed by atoms with Crippen molar-refractivity contribution in [1.82, 2.24) is 14.5 Å². The molecular formula is C21H17F4N3. The van der Waals surface area contributed by atoms with Crippen molar-refractivity contribution >= 4 is 21.8 Å². The van der Waals surface area contributed by atoms with Gasteiger partial charge in [-0.25, -0.2) is 8.78 Å². The Hall–Kier alpha value is -2.96. The molecule has 0 aliphatic rings. The van der Waals surface area contributed by atoms with Gasteiger partial charge in [0.15, 0.2) is 5.82 Å². The van der Waals surface area contributed by atoms with Crippen LogP contribution in [0.15, 0.2) is 42.9 Å². The normalized spacial score (nSPS) is 12.4. The summed E-state index contributed by atoms with van der Waals surface area (Å²) < 4.78 is 56.8. The summed E-state index contributed by atoms with van der Waals surface area (Å²) in [7, 11) is 0. The second-order valence-electron chi connectivity index (χ2n) is 7.70. The summed E-state index contributed by atoms with van der Waals surface area (Å²) in [6.07, 6.45) is 3.78. The number of pyridine rings is 2. The van der Waals surface area contributed by atoms with Gasteiger partial charge in [0.25, 0.3) is 0 Å². The highest BCUT2D eigenvalue weighted by molar-refractivity contribution is 6.08. The SMILES string of the molecule is CC(C)(C)c1ncc(-c2ccc3c4cncc(F)c4n(C(F)F)c3c2)cc1F. The largest absolute Gasteiger partial charge is 0.319 e. The Kier molecular flexibility index (Phi) is 4.14. The van der Waals surface area contributed by atoms with Crippen LogP contribution in [0.3, 0.4) is 0 Å². The van der Waals surface area contributed by atoms with Crippen LogP contribution < -0.4 is 0 Å². The lowest BCUT2D eigenvalue weighted by atomic mass is 9.90. The maximum atomic E-state index is 14.5. The van der Waals surface area contributed by atoms with E-state index in [-0.39, 0.29) is 11.0 Å². The van der Waals surface area contributed by atoms with Crippen molar-refractivity contribution in [3.05, 3.63) is 60.2 Å². The van der Waals surface area contributed by atoms with E-state index in [2.05, 4.69) is 9.97 Å². The first-order valence-corrected chi connectivity index (χ1v) is 8.70. The van der Waals surface area contributed by atoms with Crippen molar-refractivity contribution in [2.24, 2.45) is 0 Å². The number of aromatic nitrogens is 3. The minimum Gasteiger partial charge on any atom is -0.281 e. The smallest absolute Gasteiger partial charge is 0.281 e. The monoisotopic (exact) mass is 387 g/mol. The van der Waals surface area contributed by atoms with Crippen molar-refractivity contribution in [1.29, 1.82) is 0 Å². The average molecular weight is 387 g/mol. The Morgan fingerprint density at radius 1 is 0.893 bits per heavy atom. The van der Waals surface area contributed by atoms with Crippen LogP contribution in [0.5, 0.6) is 0 Å². The minimum atomic E-state index is -2.94. The van der Waals surface area contributed by atoms with E-state index in [4.69, 9.17) is 0 Å². The number of fused-ring (bicyclic) bond motifs is 3. The molecule has 0 aliphatic heterocycles. The molecule has 0 unspecified atom stereocenters. The van der Waals surface area contributed by atoms with Crippen LogP contribution in [0.1, 0.15) is 33.0 Å². The van der Waals surface area contributed by atoms with Crippen molar-refractivity contribution in [3.8, 4) is 11.1 Å². The topological polar surface area (TPSA) is 30.7 Å². The third kappa shape index (κ3) is 2.82. The first-order valence-electron chi connectivity index (χ1n) is 8.70. The Balaban J connectivity index is 1.96. The molecular weight excluding hydrogens is 370 g/mol. The highest BCUT2D eigenvalue weighted by Gasteiger charge is 2.22. The first-order chi connectivity index (χ1) is 13.2. The van der Waals surface area contributed by atoms with Gasteiger partial charge >= 0.3 is 6.55 Å². The maximum Gasteiger partial charge on any atom is 0.319 e. The fraction of sp³-hybridized carbons (Fsp3) is 0.238.